The van der Waals surface area contributed by atoms with Gasteiger partial charge in [0.1, 0.15) is 22.6 Å². The van der Waals surface area contributed by atoms with E-state index in [4.69, 9.17) is 10.2 Å². The van der Waals surface area contributed by atoms with Crippen LogP contribution in [0.15, 0.2) is 46.4 Å². The molecule has 0 spiro atoms. The Morgan fingerprint density at radius 3 is 1.48 bits per heavy atom. The smallest absolute Gasteiger partial charge is 1.00 e. The first-order valence-electron chi connectivity index (χ1n) is 6.58. The van der Waals surface area contributed by atoms with E-state index in [1.54, 1.807) is 0 Å². The number of aromatic hydroxyl groups is 2. The molecule has 0 unspecified atom stereocenters. The van der Waals surface area contributed by atoms with Gasteiger partial charge in [0, 0.05) is 12.4 Å². The third-order valence-electron chi connectivity index (χ3n) is 2.93. The van der Waals surface area contributed by atoms with Crippen LogP contribution in [0.2, 0.25) is 0 Å². The molecule has 2 rings (SSSR count). The van der Waals surface area contributed by atoms with Crippen molar-refractivity contribution in [1.29, 1.82) is 0 Å². The van der Waals surface area contributed by atoms with Crippen LogP contribution in [0.1, 0.15) is 23.6 Å². The van der Waals surface area contributed by atoms with Crippen LogP contribution in [0.3, 0.4) is 0 Å². The number of carbonyl (C=O) groups is 2. The van der Waals surface area contributed by atoms with Crippen molar-refractivity contribution >= 4 is 58.8 Å². The molecule has 25 heavy (non-hydrogen) atoms. The predicted octanol–water partition coefficient (Wildman–Crippen LogP) is 2.44. The number of aliphatic imine (C=N–C) groups is 2. The van der Waals surface area contributed by atoms with Crippen LogP contribution >= 0.6 is 0 Å². The summed E-state index contributed by atoms with van der Waals surface area (Å²) in [6.45, 7) is 0. The second-order valence-corrected chi connectivity index (χ2v) is 4.57. The summed E-state index contributed by atoms with van der Waals surface area (Å²) in [5, 5.41) is 36.6. The largest absolute Gasteiger partial charge is 2.00 e. The molecule has 0 aliphatic heterocycles. The number of phenols is 2. The maximum atomic E-state index is 10.9. The van der Waals surface area contributed by atoms with Gasteiger partial charge in [0.2, 0.25) is 0 Å². The molecule has 2 aromatic rings. The minimum Gasteiger partial charge on any atom is -1.00 e. The number of nitrogens with zero attached hydrogens (tertiary/aromatic N) is 2. The van der Waals surface area contributed by atoms with Crippen LogP contribution in [-0.4, -0.2) is 67.8 Å². The zero-order valence-electron chi connectivity index (χ0n) is 14.8. The van der Waals surface area contributed by atoms with Crippen LogP contribution < -0.4 is 0 Å². The second kappa shape index (κ2) is 8.80. The summed E-state index contributed by atoms with van der Waals surface area (Å²) in [6, 6.07) is 7.68. The fraction of sp³-hybridized carbons (Fsp3) is 0. The van der Waals surface area contributed by atoms with E-state index in [-0.39, 0.29) is 48.5 Å². The van der Waals surface area contributed by atoms with Crippen molar-refractivity contribution < 1.29 is 32.9 Å². The van der Waals surface area contributed by atoms with Crippen LogP contribution in [-0.2, 0) is 0 Å². The first kappa shape index (κ1) is 20.1. The minimum atomic E-state index is -1.27. The van der Waals surface area contributed by atoms with Crippen LogP contribution in [0.5, 0.6) is 11.5 Å². The third kappa shape index (κ3) is 5.30. The Hall–Kier alpha value is -2.91. The second-order valence-electron chi connectivity index (χ2n) is 4.57. The molecule has 0 atom stereocenters. The van der Waals surface area contributed by atoms with E-state index >= 15 is 0 Å². The average molecular weight is 355 g/mol. The van der Waals surface area contributed by atoms with Crippen LogP contribution in [0.4, 0.5) is 11.4 Å². The molecule has 0 saturated heterocycles. The van der Waals surface area contributed by atoms with Crippen LogP contribution in [0.25, 0.3) is 0 Å². The van der Waals surface area contributed by atoms with Gasteiger partial charge in [0.15, 0.2) is 0 Å². The van der Waals surface area contributed by atoms with Crippen molar-refractivity contribution in [2.75, 3.05) is 0 Å². The Morgan fingerprint density at radius 2 is 1.16 bits per heavy atom. The fourth-order valence-electron chi connectivity index (χ4n) is 1.79. The third-order valence-corrected chi connectivity index (χ3v) is 2.93. The first-order valence-corrected chi connectivity index (χ1v) is 6.58. The summed E-state index contributed by atoms with van der Waals surface area (Å²) in [7, 11) is 0. The Balaban J connectivity index is 0. The van der Waals surface area contributed by atoms with E-state index in [9.17, 15) is 19.8 Å². The minimum absolute atomic E-state index is 0. The first-order chi connectivity index (χ1) is 11.4. The molecular formula is C16H14MgN2O6. The number of aromatic carboxylic acids is 2. The van der Waals surface area contributed by atoms with E-state index in [1.807, 2.05) is 0 Å². The Morgan fingerprint density at radius 1 is 0.800 bits per heavy atom. The molecule has 4 N–H and O–H groups in total. The average Bonchev–Trinajstić information content (AvgIpc) is 2.53. The molecule has 0 fully saturated rings. The fourth-order valence-corrected chi connectivity index (χ4v) is 1.79. The maximum Gasteiger partial charge on any atom is 2.00 e. The summed E-state index contributed by atoms with van der Waals surface area (Å²) >= 11 is 0. The molecule has 0 aliphatic rings. The van der Waals surface area contributed by atoms with E-state index < -0.39 is 11.9 Å². The molecule has 0 saturated carbocycles. The van der Waals surface area contributed by atoms with Crippen molar-refractivity contribution in [1.82, 2.24) is 0 Å². The van der Waals surface area contributed by atoms with Gasteiger partial charge in [-0.05, 0) is 36.4 Å². The molecule has 0 amide bonds. The zero-order valence-corrected chi connectivity index (χ0v) is 14.2. The van der Waals surface area contributed by atoms with Crippen molar-refractivity contribution in [2.45, 2.75) is 0 Å². The molecule has 0 radical (unpaired) electrons. The summed E-state index contributed by atoms with van der Waals surface area (Å²) in [5.74, 6) is -3.27. The van der Waals surface area contributed by atoms with Crippen molar-refractivity contribution in [3.05, 3.63) is 47.5 Å². The van der Waals surface area contributed by atoms with E-state index in [1.165, 1.54) is 48.8 Å². The van der Waals surface area contributed by atoms with Crippen molar-refractivity contribution in [2.24, 2.45) is 9.98 Å². The topological polar surface area (TPSA) is 140 Å². The molecule has 0 aromatic heterocycles. The van der Waals surface area contributed by atoms with Gasteiger partial charge in [0.05, 0.1) is 11.4 Å². The van der Waals surface area contributed by atoms with Gasteiger partial charge in [-0.2, -0.15) is 0 Å². The Labute approximate surface area is 160 Å². The standard InChI is InChI=1S/C16H12N2O6.Mg.2H/c19-13-3-1-9(7-11(13)15(21)22)17-5-6-18-10-2-4-14(20)12(8-10)16(23)24;;;/h1-8,19-20H,(H,21,22)(H,23,24);;;/q;+2;2*-1. The number of carboxylic acids is 2. The van der Waals surface area contributed by atoms with Gasteiger partial charge < -0.3 is 23.3 Å². The van der Waals surface area contributed by atoms with Gasteiger partial charge in [0.25, 0.3) is 0 Å². The Bertz CT molecular complexity index is 802. The molecule has 0 aliphatic carbocycles. The number of hydrogen-bond donors (Lipinski definition) is 4. The van der Waals surface area contributed by atoms with E-state index in [2.05, 4.69) is 9.98 Å². The molecule has 8 nitrogen and oxygen atoms in total. The van der Waals surface area contributed by atoms with Crippen molar-refractivity contribution in [3.63, 3.8) is 0 Å². The van der Waals surface area contributed by atoms with Crippen molar-refractivity contribution in [3.8, 4) is 11.5 Å². The van der Waals surface area contributed by atoms with Gasteiger partial charge in [-0.25, -0.2) is 9.59 Å². The number of rotatable bonds is 5. The SMILES string of the molecule is O=C(O)c1cc(N=CC=Nc2ccc(O)c(C(=O)O)c2)ccc1O.[H-].[H-].[Mg+2]. The Kier molecular flexibility index (Phi) is 7.09. The van der Waals surface area contributed by atoms with Gasteiger partial charge in [-0.15, -0.1) is 0 Å². The monoisotopic (exact) mass is 354 g/mol. The summed E-state index contributed by atoms with van der Waals surface area (Å²) in [4.78, 5) is 29.7. The quantitative estimate of drug-likeness (QED) is 0.480. The molecule has 0 bridgehead atoms. The number of benzene rings is 2. The van der Waals surface area contributed by atoms with Gasteiger partial charge >= 0.3 is 35.0 Å². The summed E-state index contributed by atoms with van der Waals surface area (Å²) in [6.07, 6.45) is 2.57. The number of hydrogen-bond acceptors (Lipinski definition) is 6. The summed E-state index contributed by atoms with van der Waals surface area (Å²) < 4.78 is 0. The summed E-state index contributed by atoms with van der Waals surface area (Å²) in [5.41, 5.74) is 0.0552. The molecular weight excluding hydrogens is 340 g/mol. The normalized spacial score (nSPS) is 10.7. The predicted molar refractivity (Wildman–Crippen MR) is 94.4 cm³/mol. The van der Waals surface area contributed by atoms with Gasteiger partial charge in [-0.3, -0.25) is 9.98 Å². The van der Waals surface area contributed by atoms with Gasteiger partial charge in [-0.1, -0.05) is 0 Å². The molecule has 126 valence electrons. The zero-order chi connectivity index (χ0) is 17.7. The maximum absolute atomic E-state index is 10.9. The molecule has 2 aromatic carbocycles. The van der Waals surface area contributed by atoms with Crippen LogP contribution in [0, 0.1) is 0 Å². The molecule has 0 heterocycles. The molecule has 9 heteroatoms. The van der Waals surface area contributed by atoms with E-state index in [0.29, 0.717) is 11.4 Å². The number of carboxylic acid groups (broad SMARTS) is 2. The van der Waals surface area contributed by atoms with E-state index in [0.717, 1.165) is 0 Å².